The number of nitrogens with one attached hydrogen (secondary N) is 2. The monoisotopic (exact) mass is 298 g/mol. The second kappa shape index (κ2) is 4.27. The molecule has 0 amide bonds. The molecule has 3 aliphatic carbocycles. The Hall–Kier alpha value is -1.46. The minimum Gasteiger partial charge on any atom is -0.303 e. The molecule has 0 aromatic carbocycles. The number of hydrogen-bond acceptors (Lipinski definition) is 5. The van der Waals surface area contributed by atoms with Crippen LogP contribution in [0.3, 0.4) is 0 Å². The molecule has 21 heavy (non-hydrogen) atoms. The maximum absolute atomic E-state index is 5.10. The van der Waals surface area contributed by atoms with Gasteiger partial charge in [-0.3, -0.25) is 4.98 Å². The Bertz CT molecular complexity index is 696. The fourth-order valence-electron chi connectivity index (χ4n) is 4.27. The third kappa shape index (κ3) is 1.77. The summed E-state index contributed by atoms with van der Waals surface area (Å²) in [5.74, 6) is 2.56. The average Bonchev–Trinajstić information content (AvgIpc) is 3.13. The summed E-state index contributed by atoms with van der Waals surface area (Å²) in [6, 6.07) is 6.26. The second-order valence-corrected chi connectivity index (χ2v) is 7.64. The third-order valence-corrected chi connectivity index (χ3v) is 6.45. The number of aliphatic imine (C=N–C) groups is 1. The first kappa shape index (κ1) is 12.1. The molecule has 2 aromatic heterocycles. The molecule has 2 N–H and O–H groups in total. The number of fused-ring (bicyclic) bond motifs is 3. The lowest BCUT2D eigenvalue weighted by molar-refractivity contribution is 0.0506. The van der Waals surface area contributed by atoms with Gasteiger partial charge in [-0.25, -0.2) is 10.4 Å². The van der Waals surface area contributed by atoms with Crippen LogP contribution >= 0.6 is 11.3 Å². The molecule has 2 bridgehead atoms. The molecule has 3 fully saturated rings. The maximum atomic E-state index is 5.10. The maximum Gasteiger partial charge on any atom is 0.155 e. The van der Waals surface area contributed by atoms with Crippen molar-refractivity contribution in [1.29, 1.82) is 0 Å². The average molecular weight is 298 g/mol. The van der Waals surface area contributed by atoms with Crippen molar-refractivity contribution in [2.75, 3.05) is 0 Å². The van der Waals surface area contributed by atoms with Crippen molar-refractivity contribution in [1.82, 2.24) is 15.8 Å². The quantitative estimate of drug-likeness (QED) is 0.850. The molecule has 1 spiro atoms. The van der Waals surface area contributed by atoms with Gasteiger partial charge in [0, 0.05) is 6.20 Å². The summed E-state index contributed by atoms with van der Waals surface area (Å²) in [5.41, 5.74) is 7.91. The lowest BCUT2D eigenvalue weighted by Gasteiger charge is -2.47. The molecule has 108 valence electrons. The van der Waals surface area contributed by atoms with Crippen LogP contribution < -0.4 is 10.9 Å². The van der Waals surface area contributed by atoms with Crippen molar-refractivity contribution < 1.29 is 0 Å². The van der Waals surface area contributed by atoms with Crippen molar-refractivity contribution in [2.24, 2.45) is 16.8 Å². The van der Waals surface area contributed by atoms with Crippen molar-refractivity contribution in [3.05, 3.63) is 29.3 Å². The number of pyridine rings is 1. The Morgan fingerprint density at radius 2 is 2.14 bits per heavy atom. The van der Waals surface area contributed by atoms with Gasteiger partial charge in [-0.2, -0.15) is 0 Å². The number of aromatic nitrogens is 1. The summed E-state index contributed by atoms with van der Waals surface area (Å²) in [6.45, 7) is 0. The number of hydrazine groups is 1. The number of amidine groups is 1. The van der Waals surface area contributed by atoms with Crippen LogP contribution in [0.15, 0.2) is 29.4 Å². The van der Waals surface area contributed by atoms with E-state index in [2.05, 4.69) is 28.0 Å². The number of nitrogens with zero attached hydrogens (tertiary/aromatic N) is 2. The fraction of sp³-hybridized carbons (Fsp3) is 0.500. The van der Waals surface area contributed by atoms with Crippen molar-refractivity contribution in [3.8, 4) is 0 Å². The van der Waals surface area contributed by atoms with Gasteiger partial charge in [0.15, 0.2) is 5.84 Å². The minimum atomic E-state index is -0.0416. The zero-order valence-corrected chi connectivity index (χ0v) is 12.6. The van der Waals surface area contributed by atoms with Crippen molar-refractivity contribution in [3.63, 3.8) is 0 Å². The highest BCUT2D eigenvalue weighted by Crippen LogP contribution is 2.49. The predicted octanol–water partition coefficient (Wildman–Crippen LogP) is 3.06. The largest absolute Gasteiger partial charge is 0.303 e. The first-order valence-electron chi connectivity index (χ1n) is 7.80. The normalized spacial score (nSPS) is 34.4. The van der Waals surface area contributed by atoms with Gasteiger partial charge in [-0.05, 0) is 62.1 Å². The van der Waals surface area contributed by atoms with E-state index in [4.69, 9.17) is 4.99 Å². The summed E-state index contributed by atoms with van der Waals surface area (Å²) >= 11 is 1.77. The van der Waals surface area contributed by atoms with Crippen LogP contribution in [0.1, 0.15) is 37.0 Å². The zero-order valence-electron chi connectivity index (χ0n) is 11.8. The molecule has 4 nitrogen and oxygen atoms in total. The molecule has 1 atom stereocenters. The Morgan fingerprint density at radius 3 is 2.90 bits per heavy atom. The van der Waals surface area contributed by atoms with Gasteiger partial charge in [0.1, 0.15) is 5.66 Å². The van der Waals surface area contributed by atoms with E-state index in [-0.39, 0.29) is 5.66 Å². The smallest absolute Gasteiger partial charge is 0.155 e. The summed E-state index contributed by atoms with van der Waals surface area (Å²) in [4.78, 5) is 10.7. The van der Waals surface area contributed by atoms with Gasteiger partial charge in [0.05, 0.1) is 15.1 Å². The molecule has 0 unspecified atom stereocenters. The van der Waals surface area contributed by atoms with E-state index < -0.39 is 0 Å². The summed E-state index contributed by atoms with van der Waals surface area (Å²) < 4.78 is 1.23. The van der Waals surface area contributed by atoms with Gasteiger partial charge >= 0.3 is 0 Å². The van der Waals surface area contributed by atoms with Crippen molar-refractivity contribution >= 4 is 27.4 Å². The number of thiophene rings is 1. The highest BCUT2D eigenvalue weighted by Gasteiger charge is 2.50. The van der Waals surface area contributed by atoms with Gasteiger partial charge < -0.3 is 5.43 Å². The fourth-order valence-corrected chi connectivity index (χ4v) is 5.23. The number of hydrogen-bond donors (Lipinski definition) is 2. The molecule has 3 heterocycles. The van der Waals surface area contributed by atoms with Crippen molar-refractivity contribution in [2.45, 2.75) is 37.8 Å². The van der Waals surface area contributed by atoms with E-state index in [1.54, 1.807) is 11.3 Å². The van der Waals surface area contributed by atoms with Gasteiger partial charge in [-0.1, -0.05) is 0 Å². The third-order valence-electron chi connectivity index (χ3n) is 5.35. The molecule has 4 aliphatic rings. The Kier molecular flexibility index (Phi) is 2.47. The Morgan fingerprint density at radius 1 is 1.24 bits per heavy atom. The zero-order chi connectivity index (χ0) is 13.9. The lowest BCUT2D eigenvalue weighted by atomic mass is 9.65. The molecule has 3 saturated carbocycles. The minimum absolute atomic E-state index is 0.0416. The molecular weight excluding hydrogens is 280 g/mol. The second-order valence-electron chi connectivity index (χ2n) is 6.55. The first-order valence-corrected chi connectivity index (χ1v) is 8.62. The van der Waals surface area contributed by atoms with Crippen LogP contribution in [-0.2, 0) is 0 Å². The van der Waals surface area contributed by atoms with E-state index in [9.17, 15) is 0 Å². The highest BCUT2D eigenvalue weighted by molar-refractivity contribution is 7.20. The Labute approximate surface area is 127 Å². The topological polar surface area (TPSA) is 49.3 Å². The molecule has 5 heteroatoms. The van der Waals surface area contributed by atoms with E-state index in [0.29, 0.717) is 5.92 Å². The predicted molar refractivity (Wildman–Crippen MR) is 85.2 cm³/mol. The van der Waals surface area contributed by atoms with Crippen LogP contribution in [-0.4, -0.2) is 16.5 Å². The van der Waals surface area contributed by atoms with Crippen LogP contribution in [0.25, 0.3) is 10.2 Å². The molecule has 0 saturated heterocycles. The van der Waals surface area contributed by atoms with Gasteiger partial charge in [0.2, 0.25) is 0 Å². The van der Waals surface area contributed by atoms with Gasteiger partial charge in [0.25, 0.3) is 0 Å². The van der Waals surface area contributed by atoms with E-state index >= 15 is 0 Å². The van der Waals surface area contributed by atoms with Crippen LogP contribution in [0.4, 0.5) is 0 Å². The van der Waals surface area contributed by atoms with Gasteiger partial charge in [-0.15, -0.1) is 11.3 Å². The van der Waals surface area contributed by atoms with E-state index in [1.165, 1.54) is 41.7 Å². The van der Waals surface area contributed by atoms with Crippen LogP contribution in [0.5, 0.6) is 0 Å². The molecule has 2 aromatic rings. The van der Waals surface area contributed by atoms with Crippen LogP contribution in [0, 0.1) is 11.8 Å². The number of rotatable bonds is 1. The molecule has 1 aliphatic heterocycles. The van der Waals surface area contributed by atoms with E-state index in [0.717, 1.165) is 17.3 Å². The first-order chi connectivity index (χ1) is 10.3. The Balaban J connectivity index is 1.54. The summed E-state index contributed by atoms with van der Waals surface area (Å²) in [5, 5.41) is 0. The standard InChI is InChI=1S/C16H18N4S/c1-2-13-12(17-7-1)8-14(21-13)15-18-16(20-19-15)9-10-3-5-11(16)6-4-10/h1-2,7-8,10-11,20H,3-6,9H2,(H,18,19)/t10?,11?,16-/m0/s1. The summed E-state index contributed by atoms with van der Waals surface area (Å²) in [6.07, 6.45) is 8.48. The SMILES string of the molecule is c1cnc2cc(C3=N[C@@]4(CC5CCC4CC5)NN3)sc2c1. The lowest BCUT2D eigenvalue weighted by Crippen LogP contribution is -2.56. The summed E-state index contributed by atoms with van der Waals surface area (Å²) in [7, 11) is 0. The highest BCUT2D eigenvalue weighted by atomic mass is 32.1. The molecule has 6 rings (SSSR count). The molecule has 0 radical (unpaired) electrons. The van der Waals surface area contributed by atoms with Crippen LogP contribution in [0.2, 0.25) is 0 Å². The molecular formula is C16H18N4S. The van der Waals surface area contributed by atoms with E-state index in [1.807, 2.05) is 12.3 Å².